The minimum atomic E-state index is -1.17. The summed E-state index contributed by atoms with van der Waals surface area (Å²) in [7, 11) is 3.14. The molecule has 3 aromatic rings. The molecule has 10 heteroatoms. The van der Waals surface area contributed by atoms with Crippen molar-refractivity contribution in [3.05, 3.63) is 48.7 Å². The lowest BCUT2D eigenvalue weighted by Crippen LogP contribution is -2.52. The first kappa shape index (κ1) is 25.0. The maximum atomic E-state index is 13.9. The molecule has 1 aromatic heterocycles. The van der Waals surface area contributed by atoms with Crippen LogP contribution in [0.4, 0.5) is 5.69 Å². The van der Waals surface area contributed by atoms with Crippen molar-refractivity contribution >= 4 is 34.3 Å². The van der Waals surface area contributed by atoms with E-state index in [4.69, 9.17) is 19.9 Å². The minimum absolute atomic E-state index is 0.0208. The second-order valence-electron chi connectivity index (χ2n) is 10.6. The number of ether oxygens (including phenoxy) is 3. The molecular formula is C29H30N4O6. The number of rotatable bonds is 8. The van der Waals surface area contributed by atoms with Gasteiger partial charge >= 0.3 is 0 Å². The van der Waals surface area contributed by atoms with Crippen LogP contribution < -0.4 is 24.8 Å². The Balaban J connectivity index is 1.32. The van der Waals surface area contributed by atoms with Crippen LogP contribution in [0.3, 0.4) is 0 Å². The van der Waals surface area contributed by atoms with Crippen LogP contribution in [-0.2, 0) is 14.4 Å². The summed E-state index contributed by atoms with van der Waals surface area (Å²) in [4.78, 5) is 46.2. The van der Waals surface area contributed by atoms with Gasteiger partial charge in [-0.05, 0) is 55.7 Å². The summed E-state index contributed by atoms with van der Waals surface area (Å²) < 4.78 is 17.1. The quantitative estimate of drug-likeness (QED) is 0.443. The lowest BCUT2D eigenvalue weighted by atomic mass is 10.0. The van der Waals surface area contributed by atoms with Gasteiger partial charge in [0.15, 0.2) is 11.5 Å². The van der Waals surface area contributed by atoms with E-state index in [2.05, 4.69) is 4.98 Å². The van der Waals surface area contributed by atoms with Gasteiger partial charge in [0.1, 0.15) is 16.9 Å². The van der Waals surface area contributed by atoms with Crippen molar-refractivity contribution in [2.45, 2.75) is 31.7 Å². The normalized spacial score (nSPS) is 22.1. The highest BCUT2D eigenvalue weighted by Crippen LogP contribution is 2.58. The summed E-state index contributed by atoms with van der Waals surface area (Å²) in [5, 5.41) is 0.753. The number of benzene rings is 2. The van der Waals surface area contributed by atoms with Crippen molar-refractivity contribution in [3.63, 3.8) is 0 Å². The van der Waals surface area contributed by atoms with Crippen molar-refractivity contribution in [2.24, 2.45) is 17.1 Å². The van der Waals surface area contributed by atoms with E-state index in [0.717, 1.165) is 11.8 Å². The number of likely N-dealkylation sites (tertiary alicyclic amines) is 1. The minimum Gasteiger partial charge on any atom is -0.493 e. The van der Waals surface area contributed by atoms with E-state index < -0.39 is 16.9 Å². The summed E-state index contributed by atoms with van der Waals surface area (Å²) in [6.07, 6.45) is 3.33. The molecule has 2 atom stereocenters. The number of aromatic nitrogens is 1. The van der Waals surface area contributed by atoms with E-state index in [9.17, 15) is 14.4 Å². The average Bonchev–Trinajstić information content (AvgIpc) is 3.85. The third kappa shape index (κ3) is 3.93. The van der Waals surface area contributed by atoms with Crippen LogP contribution in [-0.4, -0.2) is 60.5 Å². The third-order valence-corrected chi connectivity index (χ3v) is 8.36. The van der Waals surface area contributed by atoms with Crippen molar-refractivity contribution in [1.82, 2.24) is 9.88 Å². The number of piperidine rings is 1. The third-order valence-electron chi connectivity index (χ3n) is 8.36. The molecule has 1 saturated heterocycles. The molecule has 202 valence electrons. The van der Waals surface area contributed by atoms with Gasteiger partial charge in [-0.25, -0.2) is 0 Å². The number of methoxy groups -OCH3 is 2. The zero-order valence-corrected chi connectivity index (χ0v) is 22.1. The molecule has 39 heavy (non-hydrogen) atoms. The van der Waals surface area contributed by atoms with Gasteiger partial charge in [-0.1, -0.05) is 0 Å². The summed E-state index contributed by atoms with van der Waals surface area (Å²) in [5.74, 6) is 1.55. The zero-order chi connectivity index (χ0) is 27.5. The van der Waals surface area contributed by atoms with E-state index in [0.29, 0.717) is 60.1 Å². The van der Waals surface area contributed by atoms with Gasteiger partial charge in [-0.2, -0.15) is 0 Å². The zero-order valence-electron chi connectivity index (χ0n) is 22.1. The number of hydrogen-bond donors (Lipinski definition) is 1. The van der Waals surface area contributed by atoms with Gasteiger partial charge in [0.25, 0.3) is 0 Å². The second kappa shape index (κ2) is 8.86. The number of anilines is 1. The van der Waals surface area contributed by atoms with Gasteiger partial charge in [-0.3, -0.25) is 19.4 Å². The Morgan fingerprint density at radius 1 is 1.03 bits per heavy atom. The highest BCUT2D eigenvalue weighted by Gasteiger charge is 2.69. The molecule has 3 fully saturated rings. The maximum Gasteiger partial charge on any atom is 0.243 e. The number of carbonyl (C=O) groups is 3. The van der Waals surface area contributed by atoms with Crippen molar-refractivity contribution in [1.29, 1.82) is 0 Å². The fraction of sp³-hybridized carbons (Fsp3) is 0.379. The van der Waals surface area contributed by atoms with Crippen LogP contribution in [0.5, 0.6) is 23.0 Å². The fourth-order valence-corrected chi connectivity index (χ4v) is 5.85. The van der Waals surface area contributed by atoms with Crippen molar-refractivity contribution in [2.75, 3.05) is 32.2 Å². The Hall–Kier alpha value is -4.34. The van der Waals surface area contributed by atoms with Crippen LogP contribution in [0.15, 0.2) is 48.7 Å². The summed E-state index contributed by atoms with van der Waals surface area (Å²) in [6, 6.07) is 12.6. The second-order valence-corrected chi connectivity index (χ2v) is 10.6. The first-order chi connectivity index (χ1) is 18.7. The number of primary amides is 1. The van der Waals surface area contributed by atoms with E-state index in [1.54, 1.807) is 54.5 Å². The molecule has 2 unspecified atom stereocenters. The monoisotopic (exact) mass is 530 g/mol. The predicted octanol–water partition coefficient (Wildman–Crippen LogP) is 3.26. The van der Waals surface area contributed by atoms with Crippen LogP contribution >= 0.6 is 0 Å². The number of pyridine rings is 1. The van der Waals surface area contributed by atoms with E-state index in [1.807, 2.05) is 18.2 Å². The number of hydrogen-bond acceptors (Lipinski definition) is 7. The highest BCUT2D eigenvalue weighted by molar-refractivity contribution is 6.14. The molecule has 2 heterocycles. The Morgan fingerprint density at radius 2 is 1.72 bits per heavy atom. The molecule has 3 amide bonds. The Kier molecular flexibility index (Phi) is 5.67. The van der Waals surface area contributed by atoms with Gasteiger partial charge in [0.2, 0.25) is 17.7 Å². The topological polar surface area (TPSA) is 124 Å². The van der Waals surface area contributed by atoms with Crippen molar-refractivity contribution < 1.29 is 28.6 Å². The van der Waals surface area contributed by atoms with Gasteiger partial charge in [-0.15, -0.1) is 0 Å². The van der Waals surface area contributed by atoms with Crippen LogP contribution in [0.2, 0.25) is 0 Å². The van der Waals surface area contributed by atoms with Crippen LogP contribution in [0, 0.1) is 11.3 Å². The fourth-order valence-electron chi connectivity index (χ4n) is 5.85. The maximum absolute atomic E-state index is 13.9. The van der Waals surface area contributed by atoms with Gasteiger partial charge in [0.05, 0.1) is 25.3 Å². The Bertz CT molecular complexity index is 1500. The molecule has 3 aliphatic rings. The molecule has 1 aliphatic heterocycles. The first-order valence-corrected chi connectivity index (χ1v) is 12.9. The Labute approximate surface area is 225 Å². The van der Waals surface area contributed by atoms with E-state index >= 15 is 0 Å². The van der Waals surface area contributed by atoms with E-state index in [-0.39, 0.29) is 17.7 Å². The van der Waals surface area contributed by atoms with Gasteiger partial charge in [0, 0.05) is 49.3 Å². The average molecular weight is 531 g/mol. The molecule has 2 N–H and O–H groups in total. The molecule has 10 nitrogen and oxygen atoms in total. The number of carbonyl (C=O) groups excluding carboxylic acids is 3. The molecule has 2 aliphatic carbocycles. The summed E-state index contributed by atoms with van der Waals surface area (Å²) in [6.45, 7) is 2.59. The number of nitrogens with two attached hydrogens (primary N) is 1. The standard InChI is InChI=1S/C29H30N4O6/c1-17(34)32-15-18-14-29(18,16-32)33(27(36)28(9-10-28)26(30)35)19-4-6-20(7-5-19)39-23-8-11-31-22-13-25(38-3)24(37-2)12-21(22)23/h4-8,11-13,18H,9-10,14-16H2,1-3H3,(H2,30,35). The number of nitrogens with zero attached hydrogens (tertiary/aromatic N) is 3. The lowest BCUT2D eigenvalue weighted by Gasteiger charge is -2.34. The largest absolute Gasteiger partial charge is 0.493 e. The van der Waals surface area contributed by atoms with Crippen LogP contribution in [0.25, 0.3) is 10.9 Å². The summed E-state index contributed by atoms with van der Waals surface area (Å²) >= 11 is 0. The lowest BCUT2D eigenvalue weighted by molar-refractivity contribution is -0.134. The summed E-state index contributed by atoms with van der Waals surface area (Å²) in [5.41, 5.74) is 5.33. The predicted molar refractivity (Wildman–Crippen MR) is 143 cm³/mol. The molecular weight excluding hydrogens is 500 g/mol. The molecule has 0 bridgehead atoms. The number of amides is 3. The van der Waals surface area contributed by atoms with E-state index in [1.165, 1.54) is 6.92 Å². The smallest absolute Gasteiger partial charge is 0.243 e. The number of fused-ring (bicyclic) bond motifs is 2. The van der Waals surface area contributed by atoms with Crippen LogP contribution in [0.1, 0.15) is 26.2 Å². The first-order valence-electron chi connectivity index (χ1n) is 12.9. The molecule has 0 spiro atoms. The van der Waals surface area contributed by atoms with Crippen molar-refractivity contribution in [3.8, 4) is 23.0 Å². The Morgan fingerprint density at radius 3 is 2.31 bits per heavy atom. The molecule has 6 rings (SSSR count). The molecule has 2 aromatic carbocycles. The molecule has 2 saturated carbocycles. The highest BCUT2D eigenvalue weighted by atomic mass is 16.5. The SMILES string of the molecule is COc1cc2nccc(Oc3ccc(N(C(=O)C4(C(N)=O)CC4)C45CC4CN(C(C)=O)C5)cc3)c2cc1OC. The van der Waals surface area contributed by atoms with Gasteiger partial charge < -0.3 is 29.7 Å². The molecule has 0 radical (unpaired) electrons.